The van der Waals surface area contributed by atoms with E-state index in [0.29, 0.717) is 11.6 Å². The molecule has 1 aromatic carbocycles. The Hall–Kier alpha value is -1.46. The fraction of sp³-hybridized carbons (Fsp3) is 0.286. The lowest BCUT2D eigenvalue weighted by Crippen LogP contribution is -2.08. The second kappa shape index (κ2) is 6.12. The molecule has 0 unspecified atom stereocenters. The molecule has 0 atom stereocenters. The van der Waals surface area contributed by atoms with Crippen molar-refractivity contribution in [2.75, 3.05) is 0 Å². The predicted octanol–water partition coefficient (Wildman–Crippen LogP) is 3.23. The van der Waals surface area contributed by atoms with Crippen LogP contribution in [0.3, 0.4) is 0 Å². The van der Waals surface area contributed by atoms with E-state index in [1.807, 2.05) is 19.1 Å². The first-order valence-electron chi connectivity index (χ1n) is 6.08. The lowest BCUT2D eigenvalue weighted by Gasteiger charge is -2.04. The van der Waals surface area contributed by atoms with Gasteiger partial charge in [-0.1, -0.05) is 31.3 Å². The predicted molar refractivity (Wildman–Crippen MR) is 82.9 cm³/mol. The lowest BCUT2D eigenvalue weighted by atomic mass is 10.2. The van der Waals surface area contributed by atoms with Crippen LogP contribution in [-0.2, 0) is 13.0 Å². The highest BCUT2D eigenvalue weighted by molar-refractivity contribution is 7.81. The second-order valence-electron chi connectivity index (χ2n) is 4.17. The van der Waals surface area contributed by atoms with E-state index in [4.69, 9.17) is 22.7 Å². The van der Waals surface area contributed by atoms with E-state index in [-0.39, 0.29) is 0 Å². The third kappa shape index (κ3) is 3.52. The Morgan fingerprint density at radius 3 is 2.58 bits per heavy atom. The number of hydrogen-bond donors (Lipinski definition) is 1. The van der Waals surface area contributed by atoms with Crippen LogP contribution in [-0.4, -0.2) is 9.97 Å². The SMILES string of the molecule is CCc1ccc(OCc2nc(C)c(C(N)=S)s2)cc1. The maximum atomic E-state index is 5.70. The summed E-state index contributed by atoms with van der Waals surface area (Å²) in [7, 11) is 0. The third-order valence-electron chi connectivity index (χ3n) is 2.76. The molecule has 0 fully saturated rings. The summed E-state index contributed by atoms with van der Waals surface area (Å²) in [6.07, 6.45) is 1.03. The number of thiazole rings is 1. The van der Waals surface area contributed by atoms with Crippen LogP contribution in [0.15, 0.2) is 24.3 Å². The van der Waals surface area contributed by atoms with Gasteiger partial charge in [0.1, 0.15) is 22.4 Å². The normalized spacial score (nSPS) is 10.4. The molecular formula is C14H16N2OS2. The van der Waals surface area contributed by atoms with Crippen LogP contribution in [0.5, 0.6) is 5.75 Å². The Balaban J connectivity index is 2.01. The van der Waals surface area contributed by atoms with Crippen molar-refractivity contribution in [2.24, 2.45) is 5.73 Å². The Labute approximate surface area is 122 Å². The minimum Gasteiger partial charge on any atom is -0.486 e. The van der Waals surface area contributed by atoms with Gasteiger partial charge in [0, 0.05) is 0 Å². The number of hydrogen-bond acceptors (Lipinski definition) is 4. The van der Waals surface area contributed by atoms with Gasteiger partial charge >= 0.3 is 0 Å². The summed E-state index contributed by atoms with van der Waals surface area (Å²) >= 11 is 6.47. The van der Waals surface area contributed by atoms with Crippen LogP contribution in [0.4, 0.5) is 0 Å². The van der Waals surface area contributed by atoms with Gasteiger partial charge in [0.25, 0.3) is 0 Å². The average molecular weight is 292 g/mol. The van der Waals surface area contributed by atoms with Crippen LogP contribution in [0.1, 0.15) is 28.1 Å². The van der Waals surface area contributed by atoms with Gasteiger partial charge in [-0.15, -0.1) is 11.3 Å². The molecule has 0 aliphatic carbocycles. The quantitative estimate of drug-likeness (QED) is 0.860. The Morgan fingerprint density at radius 1 is 1.37 bits per heavy atom. The van der Waals surface area contributed by atoms with Gasteiger partial charge in [-0.05, 0) is 31.0 Å². The molecule has 2 N–H and O–H groups in total. The van der Waals surface area contributed by atoms with E-state index in [0.717, 1.165) is 27.7 Å². The molecule has 0 saturated heterocycles. The molecule has 0 amide bonds. The number of nitrogens with zero attached hydrogens (tertiary/aromatic N) is 1. The minimum absolute atomic E-state index is 0.397. The Bertz CT molecular complexity index is 576. The van der Waals surface area contributed by atoms with Gasteiger partial charge in [-0.3, -0.25) is 0 Å². The van der Waals surface area contributed by atoms with Gasteiger partial charge in [0.15, 0.2) is 0 Å². The maximum Gasteiger partial charge on any atom is 0.140 e. The van der Waals surface area contributed by atoms with Crippen molar-refractivity contribution in [3.05, 3.63) is 45.4 Å². The number of ether oxygens (including phenoxy) is 1. The van der Waals surface area contributed by atoms with Gasteiger partial charge in [0.05, 0.1) is 10.6 Å². The molecule has 1 aromatic heterocycles. The largest absolute Gasteiger partial charge is 0.486 e. The molecule has 3 nitrogen and oxygen atoms in total. The molecule has 2 aromatic rings. The summed E-state index contributed by atoms with van der Waals surface area (Å²) in [5, 5.41) is 0.889. The standard InChI is InChI=1S/C14H16N2OS2/c1-3-10-4-6-11(7-5-10)17-8-12-16-9(2)13(19-12)14(15)18/h4-7H,3,8H2,1-2H3,(H2,15,18). The van der Waals surface area contributed by atoms with Gasteiger partial charge in [-0.2, -0.15) is 0 Å². The fourth-order valence-corrected chi connectivity index (χ4v) is 2.81. The molecule has 19 heavy (non-hydrogen) atoms. The van der Waals surface area contributed by atoms with Crippen LogP contribution in [0.25, 0.3) is 0 Å². The van der Waals surface area contributed by atoms with Crippen LogP contribution in [0.2, 0.25) is 0 Å². The highest BCUT2D eigenvalue weighted by atomic mass is 32.1. The zero-order chi connectivity index (χ0) is 13.8. The monoisotopic (exact) mass is 292 g/mol. The van der Waals surface area contributed by atoms with Crippen LogP contribution >= 0.6 is 23.6 Å². The first-order valence-corrected chi connectivity index (χ1v) is 7.30. The summed E-state index contributed by atoms with van der Waals surface area (Å²) < 4.78 is 5.70. The van der Waals surface area contributed by atoms with E-state index >= 15 is 0 Å². The Morgan fingerprint density at radius 2 is 2.05 bits per heavy atom. The summed E-state index contributed by atoms with van der Waals surface area (Å²) in [6, 6.07) is 8.10. The van der Waals surface area contributed by atoms with E-state index in [9.17, 15) is 0 Å². The van der Waals surface area contributed by atoms with E-state index in [2.05, 4.69) is 24.0 Å². The zero-order valence-corrected chi connectivity index (χ0v) is 12.6. The third-order valence-corrected chi connectivity index (χ3v) is 4.26. The molecular weight excluding hydrogens is 276 g/mol. The van der Waals surface area contributed by atoms with Gasteiger partial charge in [-0.25, -0.2) is 4.98 Å². The summed E-state index contributed by atoms with van der Waals surface area (Å²) in [5.74, 6) is 0.849. The molecule has 0 aliphatic rings. The summed E-state index contributed by atoms with van der Waals surface area (Å²) in [6.45, 7) is 4.48. The Kier molecular flexibility index (Phi) is 4.50. The van der Waals surface area contributed by atoms with E-state index < -0.39 is 0 Å². The molecule has 0 radical (unpaired) electrons. The molecule has 100 valence electrons. The van der Waals surface area contributed by atoms with Crippen molar-refractivity contribution >= 4 is 28.5 Å². The number of aromatic nitrogens is 1. The molecule has 0 saturated carbocycles. The number of aryl methyl sites for hydroxylation is 2. The molecule has 0 bridgehead atoms. The van der Waals surface area contributed by atoms with Gasteiger partial charge < -0.3 is 10.5 Å². The van der Waals surface area contributed by atoms with E-state index in [1.165, 1.54) is 16.9 Å². The van der Waals surface area contributed by atoms with Gasteiger partial charge in [0.2, 0.25) is 0 Å². The smallest absolute Gasteiger partial charge is 0.140 e. The highest BCUT2D eigenvalue weighted by Crippen LogP contribution is 2.20. The van der Waals surface area contributed by atoms with Crippen LogP contribution < -0.4 is 10.5 Å². The zero-order valence-electron chi connectivity index (χ0n) is 11.0. The van der Waals surface area contributed by atoms with E-state index in [1.54, 1.807) is 0 Å². The second-order valence-corrected chi connectivity index (χ2v) is 5.70. The van der Waals surface area contributed by atoms with Crippen molar-refractivity contribution in [1.82, 2.24) is 4.98 Å². The first-order chi connectivity index (χ1) is 9.10. The highest BCUT2D eigenvalue weighted by Gasteiger charge is 2.10. The van der Waals surface area contributed by atoms with Crippen molar-refractivity contribution in [2.45, 2.75) is 26.9 Å². The number of thiocarbonyl (C=S) groups is 1. The number of benzene rings is 1. The molecule has 1 heterocycles. The molecule has 2 rings (SSSR count). The van der Waals surface area contributed by atoms with Crippen molar-refractivity contribution in [3.8, 4) is 5.75 Å². The lowest BCUT2D eigenvalue weighted by molar-refractivity contribution is 0.305. The van der Waals surface area contributed by atoms with Crippen molar-refractivity contribution in [1.29, 1.82) is 0 Å². The first kappa shape index (κ1) is 14.0. The van der Waals surface area contributed by atoms with Crippen LogP contribution in [0, 0.1) is 6.92 Å². The average Bonchev–Trinajstić information content (AvgIpc) is 2.78. The summed E-state index contributed by atoms with van der Waals surface area (Å²) in [5.41, 5.74) is 7.80. The minimum atomic E-state index is 0.397. The maximum absolute atomic E-state index is 5.70. The fourth-order valence-electron chi connectivity index (χ4n) is 1.71. The van der Waals surface area contributed by atoms with Crippen molar-refractivity contribution < 1.29 is 4.74 Å². The number of nitrogens with two attached hydrogens (primary N) is 1. The molecule has 0 spiro atoms. The topological polar surface area (TPSA) is 48.1 Å². The summed E-state index contributed by atoms with van der Waals surface area (Å²) in [4.78, 5) is 5.67. The molecule has 0 aliphatic heterocycles. The molecule has 5 heteroatoms. The van der Waals surface area contributed by atoms with Crippen molar-refractivity contribution in [3.63, 3.8) is 0 Å². The number of rotatable bonds is 5.